The van der Waals surface area contributed by atoms with Crippen LogP contribution < -0.4 is 5.19 Å². The molecule has 4 heteroatoms. The van der Waals surface area contributed by atoms with E-state index in [0.717, 1.165) is 6.17 Å². The summed E-state index contributed by atoms with van der Waals surface area (Å²) in [6.45, 7) is 6.46. The van der Waals surface area contributed by atoms with Gasteiger partial charge >= 0.3 is 0 Å². The maximum Gasteiger partial charge on any atom is 0.240 e. The van der Waals surface area contributed by atoms with Crippen molar-refractivity contribution in [3.8, 4) is 0 Å². The Labute approximate surface area is 110 Å². The highest BCUT2D eigenvalue weighted by Gasteiger charge is 2.33. The van der Waals surface area contributed by atoms with Gasteiger partial charge in [0, 0.05) is 24.7 Å². The normalized spacial score (nSPS) is 14.7. The van der Waals surface area contributed by atoms with Crippen molar-refractivity contribution in [3.63, 3.8) is 0 Å². The van der Waals surface area contributed by atoms with Gasteiger partial charge in [-0.2, -0.15) is 0 Å². The van der Waals surface area contributed by atoms with E-state index in [4.69, 9.17) is 4.43 Å². The lowest BCUT2D eigenvalue weighted by atomic mass is 10.4. The summed E-state index contributed by atoms with van der Waals surface area (Å²) in [5.41, 5.74) is 0. The lowest BCUT2D eigenvalue weighted by Crippen LogP contribution is -2.53. The molecule has 0 amide bonds. The van der Waals surface area contributed by atoms with E-state index >= 15 is 0 Å². The summed E-state index contributed by atoms with van der Waals surface area (Å²) in [7, 11) is -1.97. The first kappa shape index (κ1) is 13.0. The predicted octanol–water partition coefficient (Wildman–Crippen LogP) is 2.33. The van der Waals surface area contributed by atoms with E-state index in [1.165, 1.54) is 5.19 Å². The lowest BCUT2D eigenvalue weighted by Gasteiger charge is -2.30. The zero-order chi connectivity index (χ0) is 13.0. The van der Waals surface area contributed by atoms with Gasteiger partial charge in [-0.25, -0.2) is 4.98 Å². The van der Waals surface area contributed by atoms with E-state index in [9.17, 15) is 0 Å². The molecule has 0 radical (unpaired) electrons. The van der Waals surface area contributed by atoms with Crippen molar-refractivity contribution in [3.05, 3.63) is 49.1 Å². The molecule has 0 saturated carbocycles. The van der Waals surface area contributed by atoms with Gasteiger partial charge in [0.1, 0.15) is 0 Å². The molecule has 0 aliphatic carbocycles. The quantitative estimate of drug-likeness (QED) is 0.772. The molecule has 96 valence electrons. The summed E-state index contributed by atoms with van der Waals surface area (Å²) in [6, 6.07) is 10.6. The van der Waals surface area contributed by atoms with Crippen LogP contribution in [0.3, 0.4) is 0 Å². The van der Waals surface area contributed by atoms with Crippen LogP contribution in [0.5, 0.6) is 0 Å². The van der Waals surface area contributed by atoms with Gasteiger partial charge in [0.2, 0.25) is 8.32 Å². The fourth-order valence-corrected chi connectivity index (χ4v) is 5.45. The number of benzene rings is 1. The summed E-state index contributed by atoms with van der Waals surface area (Å²) in [5.74, 6) is 0. The molecule has 0 aliphatic rings. The van der Waals surface area contributed by atoms with Crippen molar-refractivity contribution in [2.45, 2.75) is 32.7 Å². The Morgan fingerprint density at radius 3 is 2.56 bits per heavy atom. The van der Waals surface area contributed by atoms with Crippen LogP contribution in [0.15, 0.2) is 49.1 Å². The van der Waals surface area contributed by atoms with Crippen LogP contribution in [0, 0.1) is 0 Å². The van der Waals surface area contributed by atoms with E-state index in [0.29, 0.717) is 0 Å². The largest absolute Gasteiger partial charge is 0.409 e. The van der Waals surface area contributed by atoms with Gasteiger partial charge in [-0.3, -0.25) is 0 Å². The molecule has 0 fully saturated rings. The number of hydrogen-bond donors (Lipinski definition) is 0. The third-order valence-electron chi connectivity index (χ3n) is 2.92. The molecule has 0 spiro atoms. The Morgan fingerprint density at radius 1 is 1.28 bits per heavy atom. The molecule has 2 rings (SSSR count). The molecule has 18 heavy (non-hydrogen) atoms. The Kier molecular flexibility index (Phi) is 3.99. The van der Waals surface area contributed by atoms with Crippen LogP contribution in [-0.4, -0.2) is 24.0 Å². The maximum atomic E-state index is 6.29. The molecule has 1 atom stereocenters. The van der Waals surface area contributed by atoms with E-state index < -0.39 is 8.32 Å². The highest BCUT2D eigenvalue weighted by atomic mass is 28.4. The van der Waals surface area contributed by atoms with E-state index in [1.54, 1.807) is 0 Å². The molecule has 1 aromatic heterocycles. The van der Waals surface area contributed by atoms with E-state index in [2.05, 4.69) is 54.2 Å². The van der Waals surface area contributed by atoms with Gasteiger partial charge in [-0.05, 0) is 25.6 Å². The van der Waals surface area contributed by atoms with Gasteiger partial charge in [0.15, 0.2) is 0 Å². The molecule has 1 heterocycles. The van der Waals surface area contributed by atoms with Crippen molar-refractivity contribution in [2.75, 3.05) is 0 Å². The van der Waals surface area contributed by atoms with Gasteiger partial charge in [-0.1, -0.05) is 30.3 Å². The van der Waals surface area contributed by atoms with Crippen molar-refractivity contribution in [1.29, 1.82) is 0 Å². The Hall–Kier alpha value is -1.39. The van der Waals surface area contributed by atoms with Crippen LogP contribution in [-0.2, 0) is 10.6 Å². The fourth-order valence-electron chi connectivity index (χ4n) is 2.24. The topological polar surface area (TPSA) is 27.1 Å². The second-order valence-electron chi connectivity index (χ2n) is 5.00. The van der Waals surface area contributed by atoms with Crippen LogP contribution >= 0.6 is 0 Å². The Bertz CT molecular complexity index is 470. The summed E-state index contributed by atoms with van der Waals surface area (Å²) < 4.78 is 8.40. The molecule has 0 saturated heterocycles. The monoisotopic (exact) mass is 260 g/mol. The van der Waals surface area contributed by atoms with Gasteiger partial charge in [0.25, 0.3) is 0 Å². The minimum atomic E-state index is -1.97. The minimum absolute atomic E-state index is 0.241. The second kappa shape index (κ2) is 5.50. The molecular weight excluding hydrogens is 240 g/mol. The number of nitrogens with zero attached hydrogens (tertiary/aromatic N) is 2. The molecule has 1 aromatic carbocycles. The maximum absolute atomic E-state index is 6.29. The van der Waals surface area contributed by atoms with E-state index in [-0.39, 0.29) is 6.10 Å². The smallest absolute Gasteiger partial charge is 0.240 e. The van der Waals surface area contributed by atoms with Crippen LogP contribution in [0.1, 0.15) is 13.8 Å². The van der Waals surface area contributed by atoms with Gasteiger partial charge in [0.05, 0.1) is 6.33 Å². The number of aromatic nitrogens is 2. The fraction of sp³-hybridized carbons (Fsp3) is 0.357. The zero-order valence-electron chi connectivity index (χ0n) is 11.2. The first-order valence-corrected chi connectivity index (χ1v) is 8.91. The molecule has 2 aromatic rings. The highest BCUT2D eigenvalue weighted by molar-refractivity contribution is 6.84. The van der Waals surface area contributed by atoms with Crippen molar-refractivity contribution >= 4 is 13.5 Å². The molecule has 1 unspecified atom stereocenters. The Balaban J connectivity index is 2.28. The standard InChI is InChI=1S/C14H20N2OSi/c1-13(2)17-18(3,12-16-10-9-15-11-16)14-7-5-4-6-8-14/h4-11,13H,12H2,1-3H3. The molecule has 3 nitrogen and oxygen atoms in total. The summed E-state index contributed by atoms with van der Waals surface area (Å²) in [5, 5.41) is 1.33. The minimum Gasteiger partial charge on any atom is -0.409 e. The SMILES string of the molecule is CC(C)O[Si](C)(Cn1ccnc1)c1ccccc1. The first-order chi connectivity index (χ1) is 8.60. The Morgan fingerprint density at radius 2 is 2.00 bits per heavy atom. The second-order valence-corrected chi connectivity index (χ2v) is 8.59. The molecule has 0 N–H and O–H groups in total. The molecular formula is C14H20N2OSi. The lowest BCUT2D eigenvalue weighted by molar-refractivity contribution is 0.231. The van der Waals surface area contributed by atoms with Crippen molar-refractivity contribution < 1.29 is 4.43 Å². The predicted molar refractivity (Wildman–Crippen MR) is 76.1 cm³/mol. The van der Waals surface area contributed by atoms with Gasteiger partial charge in [-0.15, -0.1) is 0 Å². The van der Waals surface area contributed by atoms with Crippen LogP contribution in [0.4, 0.5) is 0 Å². The average molecular weight is 260 g/mol. The summed E-state index contributed by atoms with van der Waals surface area (Å²) in [6.07, 6.45) is 6.81. The third-order valence-corrected chi connectivity index (χ3v) is 6.44. The van der Waals surface area contributed by atoms with Crippen LogP contribution in [0.25, 0.3) is 0 Å². The van der Waals surface area contributed by atoms with Gasteiger partial charge < -0.3 is 8.99 Å². The third kappa shape index (κ3) is 3.09. The van der Waals surface area contributed by atoms with Crippen molar-refractivity contribution in [1.82, 2.24) is 9.55 Å². The summed E-state index contributed by atoms with van der Waals surface area (Å²) >= 11 is 0. The van der Waals surface area contributed by atoms with Crippen LogP contribution in [0.2, 0.25) is 6.55 Å². The number of hydrogen-bond acceptors (Lipinski definition) is 2. The first-order valence-electron chi connectivity index (χ1n) is 6.29. The highest BCUT2D eigenvalue weighted by Crippen LogP contribution is 2.12. The number of imidazole rings is 1. The zero-order valence-corrected chi connectivity index (χ0v) is 12.2. The number of rotatable bonds is 5. The molecule has 0 aliphatic heterocycles. The molecule has 0 bridgehead atoms. The van der Waals surface area contributed by atoms with Crippen molar-refractivity contribution in [2.24, 2.45) is 0 Å². The average Bonchev–Trinajstić information content (AvgIpc) is 2.81. The van der Waals surface area contributed by atoms with E-state index in [1.807, 2.05) is 24.8 Å². The summed E-state index contributed by atoms with van der Waals surface area (Å²) in [4.78, 5) is 4.11.